The molecule has 3 aromatic heterocycles. The van der Waals surface area contributed by atoms with E-state index in [1.165, 1.54) is 0 Å². The van der Waals surface area contributed by atoms with Crippen LogP contribution in [0.4, 0.5) is 5.69 Å². The number of hydrogen-bond donors (Lipinski definition) is 2. The summed E-state index contributed by atoms with van der Waals surface area (Å²) in [6, 6.07) is 3.86. The third-order valence-electron chi connectivity index (χ3n) is 4.30. The van der Waals surface area contributed by atoms with Gasteiger partial charge < -0.3 is 10.2 Å². The second-order valence-corrected chi connectivity index (χ2v) is 5.82. The van der Waals surface area contributed by atoms with Crippen LogP contribution in [0.25, 0.3) is 21.9 Å². The summed E-state index contributed by atoms with van der Waals surface area (Å²) in [6.45, 7) is 1.51. The zero-order valence-corrected chi connectivity index (χ0v) is 12.9. The second-order valence-electron chi connectivity index (χ2n) is 5.82. The minimum atomic E-state index is -0.222. The number of aromatic nitrogens is 4. The molecule has 4 rings (SSSR count). The number of carbonyl (C=O) groups excluding carboxylic acids is 1. The topological polar surface area (TPSA) is 111 Å². The minimum Gasteiger partial charge on any atom is -0.368 e. The highest BCUT2D eigenvalue weighted by Gasteiger charge is 2.26. The van der Waals surface area contributed by atoms with E-state index in [1.807, 2.05) is 12.1 Å². The lowest BCUT2D eigenvalue weighted by atomic mass is 10.1. The number of aromatic amines is 1. The Hall–Kier alpha value is -3.21. The SMILES string of the molecule is N#CCC(=O)NC1CCN(c2cn[nH]c3cnc4nccc4c23)C1. The Morgan fingerprint density at radius 1 is 1.46 bits per heavy atom. The zero-order valence-electron chi connectivity index (χ0n) is 12.9. The first-order valence-corrected chi connectivity index (χ1v) is 7.74. The van der Waals surface area contributed by atoms with Crippen molar-refractivity contribution in [3.05, 3.63) is 24.7 Å². The van der Waals surface area contributed by atoms with Crippen LogP contribution in [0.15, 0.2) is 24.7 Å². The molecule has 24 heavy (non-hydrogen) atoms. The standard InChI is InChI=1S/C16H15N7O/c17-4-1-14(24)21-10-3-6-23(9-10)13-8-20-22-12-7-19-16-11(15(12)13)2-5-18-16/h2,5,7-8,10,22H,1,3,6,9H2,(H,21,24). The fraction of sp³-hybridized carbons (Fsp3) is 0.312. The van der Waals surface area contributed by atoms with Gasteiger partial charge in [-0.05, 0) is 12.5 Å². The van der Waals surface area contributed by atoms with Crippen LogP contribution in [-0.2, 0) is 4.79 Å². The lowest BCUT2D eigenvalue weighted by molar-refractivity contribution is -0.120. The number of fused-ring (bicyclic) bond motifs is 3. The van der Waals surface area contributed by atoms with E-state index in [4.69, 9.17) is 5.26 Å². The monoisotopic (exact) mass is 321 g/mol. The van der Waals surface area contributed by atoms with Gasteiger partial charge in [-0.1, -0.05) is 0 Å². The van der Waals surface area contributed by atoms with Crippen molar-refractivity contribution in [1.82, 2.24) is 25.5 Å². The lowest BCUT2D eigenvalue weighted by Gasteiger charge is -2.20. The van der Waals surface area contributed by atoms with Crippen molar-refractivity contribution >= 4 is 33.5 Å². The second kappa shape index (κ2) is 5.77. The van der Waals surface area contributed by atoms with Crippen molar-refractivity contribution in [2.75, 3.05) is 18.0 Å². The fourth-order valence-electron chi connectivity index (χ4n) is 3.24. The van der Waals surface area contributed by atoms with Crippen LogP contribution in [0.5, 0.6) is 0 Å². The van der Waals surface area contributed by atoms with Crippen molar-refractivity contribution in [2.45, 2.75) is 18.9 Å². The van der Waals surface area contributed by atoms with Crippen LogP contribution < -0.4 is 10.2 Å². The van der Waals surface area contributed by atoms with Crippen LogP contribution in [0, 0.1) is 11.3 Å². The van der Waals surface area contributed by atoms with Gasteiger partial charge in [-0.15, -0.1) is 0 Å². The molecule has 2 N–H and O–H groups in total. The number of anilines is 1. The predicted molar refractivity (Wildman–Crippen MR) is 88.2 cm³/mol. The molecule has 8 heteroatoms. The lowest BCUT2D eigenvalue weighted by Crippen LogP contribution is -2.36. The van der Waals surface area contributed by atoms with Gasteiger partial charge in [0.2, 0.25) is 5.91 Å². The first-order chi connectivity index (χ1) is 11.8. The molecule has 1 aliphatic rings. The molecule has 0 radical (unpaired) electrons. The quantitative estimate of drug-likeness (QED) is 0.748. The number of carbonyl (C=O) groups is 1. The third kappa shape index (κ3) is 2.40. The molecule has 1 aliphatic heterocycles. The van der Waals surface area contributed by atoms with Crippen LogP contribution in [0.3, 0.4) is 0 Å². The number of nitrogens with one attached hydrogen (secondary N) is 2. The average molecular weight is 321 g/mol. The largest absolute Gasteiger partial charge is 0.368 e. The van der Waals surface area contributed by atoms with Crippen LogP contribution >= 0.6 is 0 Å². The van der Waals surface area contributed by atoms with Gasteiger partial charge in [-0.25, -0.2) is 9.97 Å². The number of amides is 1. The van der Waals surface area contributed by atoms with E-state index in [-0.39, 0.29) is 18.4 Å². The number of pyridine rings is 1. The zero-order chi connectivity index (χ0) is 16.5. The number of H-pyrrole nitrogens is 1. The maximum Gasteiger partial charge on any atom is 0.234 e. The maximum absolute atomic E-state index is 11.6. The van der Waals surface area contributed by atoms with E-state index in [2.05, 4.69) is 30.4 Å². The predicted octanol–water partition coefficient (Wildman–Crippen LogP) is 1.11. The molecule has 120 valence electrons. The molecule has 0 aromatic carbocycles. The number of rotatable bonds is 3. The molecule has 3 aromatic rings. The summed E-state index contributed by atoms with van der Waals surface area (Å²) in [5, 5.41) is 20.7. The molecule has 0 aliphatic carbocycles. The molecule has 8 nitrogen and oxygen atoms in total. The highest BCUT2D eigenvalue weighted by atomic mass is 16.1. The molecule has 1 atom stereocenters. The first-order valence-electron chi connectivity index (χ1n) is 7.74. The maximum atomic E-state index is 11.6. The number of nitriles is 1. The molecule has 1 unspecified atom stereocenters. The van der Waals surface area contributed by atoms with Crippen LogP contribution in [-0.4, -0.2) is 45.2 Å². The fourth-order valence-corrected chi connectivity index (χ4v) is 3.24. The van der Waals surface area contributed by atoms with Gasteiger partial charge in [0.25, 0.3) is 0 Å². The van der Waals surface area contributed by atoms with E-state index < -0.39 is 0 Å². The van der Waals surface area contributed by atoms with Gasteiger partial charge >= 0.3 is 0 Å². The third-order valence-corrected chi connectivity index (χ3v) is 4.30. The van der Waals surface area contributed by atoms with Gasteiger partial charge in [0.15, 0.2) is 5.65 Å². The average Bonchev–Trinajstić information content (AvgIpc) is 3.23. The van der Waals surface area contributed by atoms with Gasteiger partial charge in [0.1, 0.15) is 6.42 Å². The number of nitrogens with zero attached hydrogens (tertiary/aromatic N) is 5. The molecule has 1 fully saturated rings. The Labute approximate surface area is 137 Å². The van der Waals surface area contributed by atoms with Crippen molar-refractivity contribution in [3.8, 4) is 6.07 Å². The Morgan fingerprint density at radius 3 is 3.25 bits per heavy atom. The van der Waals surface area contributed by atoms with Gasteiger partial charge in [-0.2, -0.15) is 10.4 Å². The molecule has 4 heterocycles. The Bertz CT molecular complexity index is 958. The summed E-state index contributed by atoms with van der Waals surface area (Å²) >= 11 is 0. The van der Waals surface area contributed by atoms with Crippen molar-refractivity contribution in [1.29, 1.82) is 5.26 Å². The van der Waals surface area contributed by atoms with Crippen molar-refractivity contribution in [3.63, 3.8) is 0 Å². The van der Waals surface area contributed by atoms with Crippen LogP contribution in [0.1, 0.15) is 12.8 Å². The Morgan fingerprint density at radius 2 is 2.38 bits per heavy atom. The van der Waals surface area contributed by atoms with E-state index >= 15 is 0 Å². The smallest absolute Gasteiger partial charge is 0.234 e. The summed E-state index contributed by atoms with van der Waals surface area (Å²) in [6.07, 6.45) is 6.02. The van der Waals surface area contributed by atoms with Gasteiger partial charge in [-0.3, -0.25) is 9.89 Å². The molecular weight excluding hydrogens is 306 g/mol. The molecule has 0 bridgehead atoms. The minimum absolute atomic E-state index is 0.0419. The Kier molecular flexibility index (Phi) is 3.46. The summed E-state index contributed by atoms with van der Waals surface area (Å²) in [5.74, 6) is -0.222. The van der Waals surface area contributed by atoms with E-state index in [9.17, 15) is 4.79 Å². The summed E-state index contributed by atoms with van der Waals surface area (Å²) < 4.78 is 0. The highest BCUT2D eigenvalue weighted by Crippen LogP contribution is 2.32. The van der Waals surface area contributed by atoms with E-state index in [0.717, 1.165) is 34.9 Å². The van der Waals surface area contributed by atoms with Gasteiger partial charge in [0, 0.05) is 36.1 Å². The Balaban J connectivity index is 1.67. The van der Waals surface area contributed by atoms with Crippen LogP contribution in [0.2, 0.25) is 0 Å². The van der Waals surface area contributed by atoms with Gasteiger partial charge in [0.05, 0.1) is 29.7 Å². The molecule has 1 saturated heterocycles. The number of hydrogen-bond acceptors (Lipinski definition) is 6. The normalized spacial score (nSPS) is 17.3. The molecular formula is C16H15N7O. The first kappa shape index (κ1) is 14.4. The highest BCUT2D eigenvalue weighted by molar-refractivity contribution is 6.09. The summed E-state index contributed by atoms with van der Waals surface area (Å²) in [5.41, 5.74) is 2.56. The molecule has 1 amide bonds. The molecule has 0 saturated carbocycles. The van der Waals surface area contributed by atoms with E-state index in [1.54, 1.807) is 18.6 Å². The molecule has 0 spiro atoms. The summed E-state index contributed by atoms with van der Waals surface area (Å²) in [7, 11) is 0. The van der Waals surface area contributed by atoms with Crippen molar-refractivity contribution in [2.24, 2.45) is 0 Å². The van der Waals surface area contributed by atoms with Crippen molar-refractivity contribution < 1.29 is 4.79 Å². The van der Waals surface area contributed by atoms with E-state index in [0.29, 0.717) is 12.2 Å². The summed E-state index contributed by atoms with van der Waals surface area (Å²) in [4.78, 5) is 22.4.